The fourth-order valence-electron chi connectivity index (χ4n) is 2.26. The summed E-state index contributed by atoms with van der Waals surface area (Å²) in [5, 5.41) is 14.9. The second-order valence-corrected chi connectivity index (χ2v) is 4.63. The number of nitro groups is 1. The van der Waals surface area contributed by atoms with Crippen LogP contribution in [0.25, 0.3) is 10.9 Å². The Morgan fingerprint density at radius 1 is 1.24 bits per heavy atom. The van der Waals surface area contributed by atoms with Crippen molar-refractivity contribution in [1.82, 2.24) is 4.98 Å². The molecule has 2 aromatic carbocycles. The van der Waals surface area contributed by atoms with E-state index in [2.05, 4.69) is 10.3 Å². The van der Waals surface area contributed by atoms with Crippen molar-refractivity contribution in [3.8, 4) is 0 Å². The lowest BCUT2D eigenvalue weighted by atomic mass is 10.1. The summed E-state index contributed by atoms with van der Waals surface area (Å²) in [4.78, 5) is 13.1. The summed E-state index contributed by atoms with van der Waals surface area (Å²) in [6.07, 6.45) is 1.86. The number of hydrogen-bond acceptors (Lipinski definition) is 3. The number of rotatable bonds is 4. The third-order valence-electron chi connectivity index (χ3n) is 3.31. The van der Waals surface area contributed by atoms with Crippen molar-refractivity contribution in [1.29, 1.82) is 0 Å². The zero-order valence-electron chi connectivity index (χ0n) is 11.0. The van der Waals surface area contributed by atoms with Crippen LogP contribution in [0.1, 0.15) is 5.56 Å². The lowest BCUT2D eigenvalue weighted by Gasteiger charge is -2.08. The molecule has 6 heteroatoms. The van der Waals surface area contributed by atoms with Crippen LogP contribution in [0.4, 0.5) is 15.8 Å². The van der Waals surface area contributed by atoms with E-state index in [1.54, 1.807) is 0 Å². The van der Waals surface area contributed by atoms with E-state index in [-0.39, 0.29) is 0 Å². The standard InChI is InChI=1S/C15H12FN3O2/c16-13-5-4-11(8-15(13)19(20)21)18-9-10-2-1-3-14-12(10)6-7-17-14/h1-8,17-18H,9H2. The Morgan fingerprint density at radius 2 is 2.10 bits per heavy atom. The molecule has 0 bridgehead atoms. The number of fused-ring (bicyclic) bond motifs is 1. The minimum atomic E-state index is -0.835. The van der Waals surface area contributed by atoms with Gasteiger partial charge in [0.05, 0.1) is 4.92 Å². The highest BCUT2D eigenvalue weighted by atomic mass is 19.1. The second kappa shape index (κ2) is 5.24. The lowest BCUT2D eigenvalue weighted by molar-refractivity contribution is -0.387. The van der Waals surface area contributed by atoms with Gasteiger partial charge < -0.3 is 10.3 Å². The van der Waals surface area contributed by atoms with E-state index in [0.29, 0.717) is 12.2 Å². The molecule has 3 aromatic rings. The predicted molar refractivity (Wildman–Crippen MR) is 78.7 cm³/mol. The van der Waals surface area contributed by atoms with Gasteiger partial charge in [-0.3, -0.25) is 10.1 Å². The summed E-state index contributed by atoms with van der Waals surface area (Å²) in [6, 6.07) is 11.6. The molecule has 0 saturated carbocycles. The van der Waals surface area contributed by atoms with Crippen molar-refractivity contribution in [3.63, 3.8) is 0 Å². The molecule has 2 N–H and O–H groups in total. The molecule has 0 aliphatic rings. The summed E-state index contributed by atoms with van der Waals surface area (Å²) in [6.45, 7) is 0.498. The molecule has 1 heterocycles. The molecule has 0 fully saturated rings. The van der Waals surface area contributed by atoms with E-state index in [4.69, 9.17) is 0 Å². The highest BCUT2D eigenvalue weighted by Crippen LogP contribution is 2.23. The Bertz CT molecular complexity index is 814. The first-order chi connectivity index (χ1) is 10.1. The van der Waals surface area contributed by atoms with Crippen LogP contribution >= 0.6 is 0 Å². The summed E-state index contributed by atoms with van der Waals surface area (Å²) >= 11 is 0. The zero-order valence-corrected chi connectivity index (χ0v) is 11.0. The molecular weight excluding hydrogens is 273 g/mol. The average molecular weight is 285 g/mol. The highest BCUT2D eigenvalue weighted by Gasteiger charge is 2.14. The first-order valence-corrected chi connectivity index (χ1v) is 6.38. The third kappa shape index (κ3) is 2.55. The van der Waals surface area contributed by atoms with E-state index in [1.807, 2.05) is 30.5 Å². The first kappa shape index (κ1) is 13.1. The molecule has 0 atom stereocenters. The van der Waals surface area contributed by atoms with Crippen molar-refractivity contribution < 1.29 is 9.31 Å². The first-order valence-electron chi connectivity index (χ1n) is 6.38. The van der Waals surface area contributed by atoms with E-state index in [9.17, 15) is 14.5 Å². The van der Waals surface area contributed by atoms with Gasteiger partial charge in [0.2, 0.25) is 5.82 Å². The Labute approximate surface area is 119 Å². The van der Waals surface area contributed by atoms with Crippen molar-refractivity contribution in [2.45, 2.75) is 6.54 Å². The molecule has 0 aliphatic heterocycles. The highest BCUT2D eigenvalue weighted by molar-refractivity contribution is 5.83. The number of benzene rings is 2. The quantitative estimate of drug-likeness (QED) is 0.565. The van der Waals surface area contributed by atoms with Crippen LogP contribution in [-0.2, 0) is 6.54 Å². The minimum Gasteiger partial charge on any atom is -0.381 e. The molecule has 0 unspecified atom stereocenters. The van der Waals surface area contributed by atoms with Gasteiger partial charge in [-0.2, -0.15) is 4.39 Å². The van der Waals surface area contributed by atoms with Gasteiger partial charge >= 0.3 is 5.69 Å². The number of halogens is 1. The molecule has 0 radical (unpaired) electrons. The van der Waals surface area contributed by atoms with Crippen LogP contribution in [0, 0.1) is 15.9 Å². The smallest absolute Gasteiger partial charge is 0.306 e. The Hall–Kier alpha value is -2.89. The largest absolute Gasteiger partial charge is 0.381 e. The molecule has 3 rings (SSSR count). The molecule has 0 spiro atoms. The Balaban J connectivity index is 1.83. The van der Waals surface area contributed by atoms with E-state index < -0.39 is 16.4 Å². The van der Waals surface area contributed by atoms with Crippen molar-refractivity contribution in [3.05, 3.63) is 70.2 Å². The van der Waals surface area contributed by atoms with E-state index in [0.717, 1.165) is 22.5 Å². The molecule has 5 nitrogen and oxygen atoms in total. The molecule has 106 valence electrons. The third-order valence-corrected chi connectivity index (χ3v) is 3.31. The number of nitrogens with zero attached hydrogens (tertiary/aromatic N) is 1. The second-order valence-electron chi connectivity index (χ2n) is 4.63. The van der Waals surface area contributed by atoms with Gasteiger partial charge in [-0.1, -0.05) is 12.1 Å². The van der Waals surface area contributed by atoms with Gasteiger partial charge in [-0.25, -0.2) is 0 Å². The van der Waals surface area contributed by atoms with E-state index in [1.165, 1.54) is 12.1 Å². The molecule has 21 heavy (non-hydrogen) atoms. The van der Waals surface area contributed by atoms with Gasteiger partial charge in [0.1, 0.15) is 0 Å². The zero-order chi connectivity index (χ0) is 14.8. The van der Waals surface area contributed by atoms with Crippen molar-refractivity contribution in [2.24, 2.45) is 0 Å². The topological polar surface area (TPSA) is 71.0 Å². The molecule has 0 saturated heterocycles. The number of aromatic amines is 1. The average Bonchev–Trinajstić information content (AvgIpc) is 2.95. The van der Waals surface area contributed by atoms with Gasteiger partial charge in [0, 0.05) is 35.4 Å². The monoisotopic (exact) mass is 285 g/mol. The van der Waals surface area contributed by atoms with Crippen LogP contribution in [0.15, 0.2) is 48.7 Å². The summed E-state index contributed by atoms with van der Waals surface area (Å²) in [5.41, 5.74) is 2.07. The number of anilines is 1. The number of H-pyrrole nitrogens is 1. The van der Waals surface area contributed by atoms with Gasteiger partial charge in [-0.15, -0.1) is 0 Å². The van der Waals surface area contributed by atoms with Crippen molar-refractivity contribution in [2.75, 3.05) is 5.32 Å². The summed E-state index contributed by atoms with van der Waals surface area (Å²) < 4.78 is 13.3. The van der Waals surface area contributed by atoms with Crippen LogP contribution < -0.4 is 5.32 Å². The van der Waals surface area contributed by atoms with Crippen molar-refractivity contribution >= 4 is 22.3 Å². The SMILES string of the molecule is O=[N+]([O-])c1cc(NCc2cccc3[nH]ccc23)ccc1F. The Kier molecular flexibility index (Phi) is 3.27. The maximum Gasteiger partial charge on any atom is 0.306 e. The van der Waals surface area contributed by atoms with Gasteiger partial charge in [-0.05, 0) is 29.8 Å². The Morgan fingerprint density at radius 3 is 2.90 bits per heavy atom. The molecule has 0 amide bonds. The normalized spacial score (nSPS) is 10.7. The van der Waals surface area contributed by atoms with Gasteiger partial charge in [0.15, 0.2) is 0 Å². The van der Waals surface area contributed by atoms with Crippen LogP contribution in [0.5, 0.6) is 0 Å². The predicted octanol–water partition coefficient (Wildman–Crippen LogP) is 3.83. The molecular formula is C15H12FN3O2. The fourth-order valence-corrected chi connectivity index (χ4v) is 2.26. The molecule has 1 aromatic heterocycles. The number of aromatic nitrogens is 1. The van der Waals surface area contributed by atoms with Crippen LogP contribution in [0.3, 0.4) is 0 Å². The van der Waals surface area contributed by atoms with E-state index >= 15 is 0 Å². The lowest BCUT2D eigenvalue weighted by Crippen LogP contribution is -2.01. The van der Waals surface area contributed by atoms with Crippen LogP contribution in [-0.4, -0.2) is 9.91 Å². The fraction of sp³-hybridized carbons (Fsp3) is 0.0667. The number of hydrogen-bond donors (Lipinski definition) is 2. The number of nitrogens with one attached hydrogen (secondary N) is 2. The van der Waals surface area contributed by atoms with Gasteiger partial charge in [0.25, 0.3) is 0 Å². The maximum absolute atomic E-state index is 13.3. The maximum atomic E-state index is 13.3. The molecule has 0 aliphatic carbocycles. The summed E-state index contributed by atoms with van der Waals surface area (Å²) in [7, 11) is 0. The van der Waals surface area contributed by atoms with Crippen LogP contribution in [0.2, 0.25) is 0 Å². The number of nitro benzene ring substituents is 1. The summed E-state index contributed by atoms with van der Waals surface area (Å²) in [5.74, 6) is -0.835. The minimum absolute atomic E-state index is 0.498.